The fourth-order valence-corrected chi connectivity index (χ4v) is 2.76. The highest BCUT2D eigenvalue weighted by molar-refractivity contribution is 5.74. The summed E-state index contributed by atoms with van der Waals surface area (Å²) < 4.78 is 5.67. The maximum Gasteiger partial charge on any atom is 0.315 e. The number of nitrogens with one attached hydrogen (secondary N) is 2. The van der Waals surface area contributed by atoms with Crippen molar-refractivity contribution in [1.29, 1.82) is 0 Å². The van der Waals surface area contributed by atoms with Gasteiger partial charge in [0.05, 0.1) is 12.2 Å². The Morgan fingerprint density at radius 1 is 1.30 bits per heavy atom. The monoisotopic (exact) mass is 276 g/mol. The molecular formula is C16H24N2O2. The van der Waals surface area contributed by atoms with Crippen LogP contribution in [0, 0.1) is 6.92 Å². The third-order valence-corrected chi connectivity index (χ3v) is 3.57. The fourth-order valence-electron chi connectivity index (χ4n) is 2.76. The van der Waals surface area contributed by atoms with Crippen LogP contribution in [0.25, 0.3) is 0 Å². The number of carbonyl (C=O) groups excluding carboxylic acids is 1. The summed E-state index contributed by atoms with van der Waals surface area (Å²) in [4.78, 5) is 11.9. The minimum Gasteiger partial charge on any atom is -0.375 e. The molecule has 1 fully saturated rings. The number of urea groups is 1. The second-order valence-electron chi connectivity index (χ2n) is 5.74. The van der Waals surface area contributed by atoms with E-state index in [0.717, 1.165) is 18.4 Å². The minimum atomic E-state index is -0.0993. The summed E-state index contributed by atoms with van der Waals surface area (Å²) in [6.45, 7) is 6.71. The Balaban J connectivity index is 1.78. The molecule has 0 aromatic heterocycles. The van der Waals surface area contributed by atoms with Crippen LogP contribution in [0.15, 0.2) is 24.3 Å². The summed E-state index contributed by atoms with van der Waals surface area (Å²) in [6.07, 6.45) is 2.17. The van der Waals surface area contributed by atoms with Crippen LogP contribution in [0.2, 0.25) is 0 Å². The number of rotatable bonds is 3. The third kappa shape index (κ3) is 4.53. The van der Waals surface area contributed by atoms with E-state index in [1.807, 2.05) is 25.1 Å². The first-order chi connectivity index (χ1) is 9.52. The quantitative estimate of drug-likeness (QED) is 0.892. The largest absolute Gasteiger partial charge is 0.375 e. The lowest BCUT2D eigenvalue weighted by Crippen LogP contribution is -2.47. The Hall–Kier alpha value is -1.55. The molecule has 2 atom stereocenters. The summed E-state index contributed by atoms with van der Waals surface area (Å²) in [5.74, 6) is 0. The lowest BCUT2D eigenvalue weighted by Gasteiger charge is -2.32. The molecule has 2 unspecified atom stereocenters. The van der Waals surface area contributed by atoms with E-state index in [1.54, 1.807) is 0 Å². The minimum absolute atomic E-state index is 0.0993. The summed E-state index contributed by atoms with van der Waals surface area (Å²) in [7, 11) is 0. The van der Waals surface area contributed by atoms with Gasteiger partial charge in [-0.1, -0.05) is 29.8 Å². The standard InChI is InChI=1S/C16H24N2O2/c1-11-5-4-6-14(7-11)10-17-16(19)18-15-8-12(2)20-13(3)9-15/h4-7,12-13,15H,8-10H2,1-3H3,(H2,17,18,19). The number of hydrogen-bond donors (Lipinski definition) is 2. The fraction of sp³-hybridized carbons (Fsp3) is 0.562. The van der Waals surface area contributed by atoms with Gasteiger partial charge in [0.25, 0.3) is 0 Å². The molecule has 1 aromatic carbocycles. The normalized spacial score (nSPS) is 26.1. The van der Waals surface area contributed by atoms with Crippen LogP contribution in [0.5, 0.6) is 0 Å². The second kappa shape index (κ2) is 6.75. The van der Waals surface area contributed by atoms with Gasteiger partial charge in [0, 0.05) is 12.6 Å². The van der Waals surface area contributed by atoms with Gasteiger partial charge in [0.1, 0.15) is 0 Å². The van der Waals surface area contributed by atoms with Crippen LogP contribution in [-0.4, -0.2) is 24.3 Å². The second-order valence-corrected chi connectivity index (χ2v) is 5.74. The highest BCUT2D eigenvalue weighted by Gasteiger charge is 2.25. The molecule has 0 saturated carbocycles. The molecule has 110 valence electrons. The molecule has 2 N–H and O–H groups in total. The van der Waals surface area contributed by atoms with Crippen LogP contribution in [0.3, 0.4) is 0 Å². The summed E-state index contributed by atoms with van der Waals surface area (Å²) in [5.41, 5.74) is 2.32. The molecule has 0 aliphatic carbocycles. The van der Waals surface area contributed by atoms with Gasteiger partial charge in [-0.3, -0.25) is 0 Å². The van der Waals surface area contributed by atoms with Crippen molar-refractivity contribution < 1.29 is 9.53 Å². The topological polar surface area (TPSA) is 50.4 Å². The molecule has 4 heteroatoms. The van der Waals surface area contributed by atoms with Gasteiger partial charge in [0.15, 0.2) is 0 Å². The molecular weight excluding hydrogens is 252 g/mol. The molecule has 1 saturated heterocycles. The van der Waals surface area contributed by atoms with Gasteiger partial charge in [-0.2, -0.15) is 0 Å². The van der Waals surface area contributed by atoms with Crippen molar-refractivity contribution >= 4 is 6.03 Å². The van der Waals surface area contributed by atoms with E-state index in [2.05, 4.69) is 30.5 Å². The number of aryl methyl sites for hydroxylation is 1. The molecule has 0 bridgehead atoms. The molecule has 0 radical (unpaired) electrons. The van der Waals surface area contributed by atoms with E-state index >= 15 is 0 Å². The smallest absolute Gasteiger partial charge is 0.315 e. The van der Waals surface area contributed by atoms with Gasteiger partial charge in [-0.05, 0) is 39.2 Å². The van der Waals surface area contributed by atoms with E-state index in [0.29, 0.717) is 6.54 Å². The van der Waals surface area contributed by atoms with Crippen LogP contribution in [-0.2, 0) is 11.3 Å². The van der Waals surface area contributed by atoms with Gasteiger partial charge >= 0.3 is 6.03 Å². The zero-order valence-corrected chi connectivity index (χ0v) is 12.5. The van der Waals surface area contributed by atoms with E-state index in [-0.39, 0.29) is 24.3 Å². The van der Waals surface area contributed by atoms with Gasteiger partial charge in [-0.15, -0.1) is 0 Å². The predicted octanol–water partition coefficient (Wildman–Crippen LogP) is 2.75. The van der Waals surface area contributed by atoms with Crippen molar-refractivity contribution in [3.63, 3.8) is 0 Å². The number of amides is 2. The Bertz CT molecular complexity index is 452. The Morgan fingerprint density at radius 2 is 2.00 bits per heavy atom. The lowest BCUT2D eigenvalue weighted by molar-refractivity contribution is -0.0402. The van der Waals surface area contributed by atoms with Crippen LogP contribution in [0.1, 0.15) is 37.8 Å². The highest BCUT2D eigenvalue weighted by Crippen LogP contribution is 2.18. The van der Waals surface area contributed by atoms with Crippen molar-refractivity contribution in [2.75, 3.05) is 0 Å². The van der Waals surface area contributed by atoms with Crippen molar-refractivity contribution in [3.8, 4) is 0 Å². The van der Waals surface area contributed by atoms with E-state index < -0.39 is 0 Å². The lowest BCUT2D eigenvalue weighted by atomic mass is 10.0. The summed E-state index contributed by atoms with van der Waals surface area (Å²) in [6, 6.07) is 8.26. The number of carbonyl (C=O) groups is 1. The van der Waals surface area contributed by atoms with E-state index in [4.69, 9.17) is 4.74 Å². The van der Waals surface area contributed by atoms with E-state index in [1.165, 1.54) is 5.56 Å². The molecule has 2 rings (SSSR count). The maximum absolute atomic E-state index is 11.9. The van der Waals surface area contributed by atoms with Crippen LogP contribution in [0.4, 0.5) is 4.79 Å². The Kier molecular flexibility index (Phi) is 5.01. The summed E-state index contributed by atoms with van der Waals surface area (Å²) >= 11 is 0. The highest BCUT2D eigenvalue weighted by atomic mass is 16.5. The zero-order chi connectivity index (χ0) is 14.5. The van der Waals surface area contributed by atoms with Crippen molar-refractivity contribution in [1.82, 2.24) is 10.6 Å². The van der Waals surface area contributed by atoms with Crippen LogP contribution < -0.4 is 10.6 Å². The molecule has 1 aromatic rings. The average molecular weight is 276 g/mol. The van der Waals surface area contributed by atoms with Crippen LogP contribution >= 0.6 is 0 Å². The molecule has 0 spiro atoms. The Morgan fingerprint density at radius 3 is 2.65 bits per heavy atom. The molecule has 1 aliphatic heterocycles. The van der Waals surface area contributed by atoms with Gasteiger partial charge in [-0.25, -0.2) is 4.79 Å². The third-order valence-electron chi connectivity index (χ3n) is 3.57. The average Bonchev–Trinajstić information content (AvgIpc) is 2.35. The van der Waals surface area contributed by atoms with Crippen molar-refractivity contribution in [3.05, 3.63) is 35.4 Å². The first kappa shape index (κ1) is 14.9. The number of hydrogen-bond acceptors (Lipinski definition) is 2. The number of ether oxygens (including phenoxy) is 1. The maximum atomic E-state index is 11.9. The SMILES string of the molecule is Cc1cccc(CNC(=O)NC2CC(C)OC(C)C2)c1. The van der Waals surface area contributed by atoms with Crippen molar-refractivity contribution in [2.24, 2.45) is 0 Å². The first-order valence-corrected chi connectivity index (χ1v) is 7.28. The van der Waals surface area contributed by atoms with E-state index in [9.17, 15) is 4.79 Å². The predicted molar refractivity (Wildman–Crippen MR) is 79.6 cm³/mol. The molecule has 1 aliphatic rings. The molecule has 1 heterocycles. The van der Waals surface area contributed by atoms with Gasteiger partial charge in [0.2, 0.25) is 0 Å². The molecule has 20 heavy (non-hydrogen) atoms. The van der Waals surface area contributed by atoms with Gasteiger partial charge < -0.3 is 15.4 Å². The summed E-state index contributed by atoms with van der Waals surface area (Å²) in [5, 5.41) is 5.95. The van der Waals surface area contributed by atoms with Crippen molar-refractivity contribution in [2.45, 2.75) is 58.4 Å². The molecule has 2 amide bonds. The molecule has 4 nitrogen and oxygen atoms in total. The Labute approximate surface area is 120 Å². The first-order valence-electron chi connectivity index (χ1n) is 7.28. The number of benzene rings is 1. The zero-order valence-electron chi connectivity index (χ0n) is 12.5.